The number of piperidine rings is 1. The van der Waals surface area contributed by atoms with Gasteiger partial charge in [0.25, 0.3) is 0 Å². The Morgan fingerprint density at radius 3 is 2.94 bits per heavy atom. The summed E-state index contributed by atoms with van der Waals surface area (Å²) >= 11 is 1.52. The maximum atomic E-state index is 13.1. The van der Waals surface area contributed by atoms with Crippen LogP contribution in [0.25, 0.3) is 21.4 Å². The van der Waals surface area contributed by atoms with Crippen LogP contribution in [0.2, 0.25) is 0 Å². The SMILES string of the molecule is O=C(Nc1nc2ccccc2s1)[C@@H]1CCCN(c2ncnc3c2nc2n3CCCCC2)C1. The quantitative estimate of drug-likeness (QED) is 0.510. The van der Waals surface area contributed by atoms with E-state index in [2.05, 4.69) is 29.7 Å². The van der Waals surface area contributed by atoms with E-state index < -0.39 is 0 Å². The minimum Gasteiger partial charge on any atom is -0.354 e. The van der Waals surface area contributed by atoms with Crippen LogP contribution in [-0.2, 0) is 17.8 Å². The highest BCUT2D eigenvalue weighted by Gasteiger charge is 2.29. The zero-order valence-corrected chi connectivity index (χ0v) is 18.6. The number of thiazole rings is 1. The van der Waals surface area contributed by atoms with E-state index in [1.54, 1.807) is 6.33 Å². The Morgan fingerprint density at radius 2 is 2.00 bits per heavy atom. The molecule has 1 atom stereocenters. The van der Waals surface area contributed by atoms with Crippen LogP contribution in [0, 0.1) is 5.92 Å². The molecule has 0 saturated carbocycles. The van der Waals surface area contributed by atoms with E-state index in [0.717, 1.165) is 71.8 Å². The van der Waals surface area contributed by atoms with Gasteiger partial charge in [0.1, 0.15) is 12.2 Å². The average molecular weight is 448 g/mol. The number of hydrogen-bond donors (Lipinski definition) is 1. The number of nitrogens with one attached hydrogen (secondary N) is 1. The summed E-state index contributed by atoms with van der Waals surface area (Å²) < 4.78 is 3.34. The van der Waals surface area contributed by atoms with Gasteiger partial charge in [0.2, 0.25) is 5.91 Å². The van der Waals surface area contributed by atoms with Gasteiger partial charge < -0.3 is 14.8 Å². The fourth-order valence-corrected chi connectivity index (χ4v) is 5.74. The molecule has 1 aromatic carbocycles. The fourth-order valence-electron chi connectivity index (χ4n) is 4.87. The minimum absolute atomic E-state index is 0.0275. The highest BCUT2D eigenvalue weighted by atomic mass is 32.1. The van der Waals surface area contributed by atoms with Gasteiger partial charge in [0.05, 0.1) is 16.1 Å². The van der Waals surface area contributed by atoms with Gasteiger partial charge in [0.15, 0.2) is 22.1 Å². The first-order valence-corrected chi connectivity index (χ1v) is 12.2. The molecular formula is C23H25N7OS. The summed E-state index contributed by atoms with van der Waals surface area (Å²) in [6, 6.07) is 7.95. The maximum Gasteiger partial charge on any atom is 0.231 e. The van der Waals surface area contributed by atoms with Gasteiger partial charge in [-0.3, -0.25) is 4.79 Å². The number of fused-ring (bicyclic) bond motifs is 4. The van der Waals surface area contributed by atoms with Gasteiger partial charge >= 0.3 is 0 Å². The molecule has 32 heavy (non-hydrogen) atoms. The number of aryl methyl sites for hydroxylation is 2. The van der Waals surface area contributed by atoms with E-state index in [1.165, 1.54) is 24.2 Å². The summed E-state index contributed by atoms with van der Waals surface area (Å²) in [6.07, 6.45) is 8.00. The monoisotopic (exact) mass is 447 g/mol. The second-order valence-corrected chi connectivity index (χ2v) is 9.65. The summed E-state index contributed by atoms with van der Waals surface area (Å²) in [6.45, 7) is 2.47. The van der Waals surface area contributed by atoms with Crippen molar-refractivity contribution in [3.05, 3.63) is 36.4 Å². The summed E-state index contributed by atoms with van der Waals surface area (Å²) in [5.74, 6) is 1.88. The number of imidazole rings is 1. The standard InChI is InChI=1S/C23H25N7OS/c31-22(28-23-26-16-8-3-4-9-17(16)32-23)15-7-6-11-29(13-15)20-19-21(25-14-24-20)30-12-5-1-2-10-18(30)27-19/h3-4,8-9,14-15H,1-2,5-7,10-13H2,(H,26,28,31)/t15-/m1/s1. The lowest BCUT2D eigenvalue weighted by Crippen LogP contribution is -2.41. The first kappa shape index (κ1) is 19.6. The van der Waals surface area contributed by atoms with Gasteiger partial charge in [-0.15, -0.1) is 0 Å². The molecule has 2 aliphatic rings. The number of nitrogens with zero attached hydrogens (tertiary/aromatic N) is 6. The van der Waals surface area contributed by atoms with Crippen molar-refractivity contribution in [3.8, 4) is 0 Å². The van der Waals surface area contributed by atoms with E-state index in [4.69, 9.17) is 4.98 Å². The van der Waals surface area contributed by atoms with Crippen molar-refractivity contribution in [1.29, 1.82) is 0 Å². The molecule has 1 fully saturated rings. The number of anilines is 2. The van der Waals surface area contributed by atoms with E-state index in [9.17, 15) is 4.79 Å². The molecule has 3 aromatic heterocycles. The van der Waals surface area contributed by atoms with Crippen molar-refractivity contribution in [2.45, 2.75) is 45.1 Å². The normalized spacial score (nSPS) is 19.1. The van der Waals surface area contributed by atoms with Gasteiger partial charge in [-0.25, -0.2) is 19.9 Å². The van der Waals surface area contributed by atoms with Crippen molar-refractivity contribution in [2.75, 3.05) is 23.3 Å². The topological polar surface area (TPSA) is 88.8 Å². The third-order valence-corrected chi connectivity index (χ3v) is 7.44. The molecule has 8 nitrogen and oxygen atoms in total. The zero-order chi connectivity index (χ0) is 21.5. The number of para-hydroxylation sites is 1. The number of carbonyl (C=O) groups is 1. The number of carbonyl (C=O) groups excluding carboxylic acids is 1. The van der Waals surface area contributed by atoms with Crippen molar-refractivity contribution < 1.29 is 4.79 Å². The summed E-state index contributed by atoms with van der Waals surface area (Å²) in [7, 11) is 0. The number of benzene rings is 1. The van der Waals surface area contributed by atoms with Crippen molar-refractivity contribution >= 4 is 49.6 Å². The Kier molecular flexibility index (Phi) is 4.98. The summed E-state index contributed by atoms with van der Waals surface area (Å²) in [5.41, 5.74) is 2.71. The maximum absolute atomic E-state index is 13.1. The fraction of sp³-hybridized carbons (Fsp3) is 0.435. The third kappa shape index (κ3) is 3.50. The Hall–Kier alpha value is -3.07. The molecule has 1 saturated heterocycles. The second-order valence-electron chi connectivity index (χ2n) is 8.62. The van der Waals surface area contributed by atoms with Crippen LogP contribution in [0.4, 0.5) is 10.9 Å². The van der Waals surface area contributed by atoms with Crippen LogP contribution in [0.1, 0.15) is 37.9 Å². The Labute approximate surface area is 189 Å². The van der Waals surface area contributed by atoms with E-state index in [-0.39, 0.29) is 11.8 Å². The molecule has 0 aliphatic carbocycles. The predicted molar refractivity (Wildman–Crippen MR) is 126 cm³/mol. The molecule has 4 aromatic rings. The summed E-state index contributed by atoms with van der Waals surface area (Å²) in [5, 5.41) is 3.71. The highest BCUT2D eigenvalue weighted by molar-refractivity contribution is 7.22. The van der Waals surface area contributed by atoms with E-state index in [0.29, 0.717) is 11.7 Å². The van der Waals surface area contributed by atoms with Crippen molar-refractivity contribution in [1.82, 2.24) is 24.5 Å². The average Bonchev–Trinajstić information content (AvgIpc) is 3.31. The smallest absolute Gasteiger partial charge is 0.231 e. The van der Waals surface area contributed by atoms with Gasteiger partial charge in [-0.2, -0.15) is 0 Å². The Morgan fingerprint density at radius 1 is 1.06 bits per heavy atom. The molecule has 0 spiro atoms. The van der Waals surface area contributed by atoms with Gasteiger partial charge in [-0.1, -0.05) is 29.9 Å². The lowest BCUT2D eigenvalue weighted by atomic mass is 9.97. The number of hydrogen-bond acceptors (Lipinski definition) is 7. The largest absolute Gasteiger partial charge is 0.354 e. The Balaban J connectivity index is 1.24. The first-order chi connectivity index (χ1) is 15.8. The number of rotatable bonds is 3. The first-order valence-electron chi connectivity index (χ1n) is 11.4. The highest BCUT2D eigenvalue weighted by Crippen LogP contribution is 2.31. The van der Waals surface area contributed by atoms with Crippen LogP contribution >= 0.6 is 11.3 Å². The summed E-state index contributed by atoms with van der Waals surface area (Å²) in [4.78, 5) is 33.9. The van der Waals surface area contributed by atoms with Crippen LogP contribution in [0.3, 0.4) is 0 Å². The van der Waals surface area contributed by atoms with E-state index in [1.807, 2.05) is 24.3 Å². The minimum atomic E-state index is -0.110. The van der Waals surface area contributed by atoms with Crippen LogP contribution in [-0.4, -0.2) is 43.5 Å². The number of amides is 1. The molecule has 9 heteroatoms. The molecule has 5 heterocycles. The second kappa shape index (κ2) is 8.12. The molecule has 0 unspecified atom stereocenters. The van der Waals surface area contributed by atoms with Crippen LogP contribution < -0.4 is 10.2 Å². The number of aromatic nitrogens is 5. The zero-order valence-electron chi connectivity index (χ0n) is 17.8. The Bertz CT molecular complexity index is 1260. The van der Waals surface area contributed by atoms with Crippen molar-refractivity contribution in [2.24, 2.45) is 5.92 Å². The van der Waals surface area contributed by atoms with Gasteiger partial charge in [0, 0.05) is 26.1 Å². The molecule has 6 rings (SSSR count). The van der Waals surface area contributed by atoms with Crippen molar-refractivity contribution in [3.63, 3.8) is 0 Å². The molecule has 1 amide bonds. The van der Waals surface area contributed by atoms with Crippen LogP contribution in [0.15, 0.2) is 30.6 Å². The van der Waals surface area contributed by atoms with Crippen LogP contribution in [0.5, 0.6) is 0 Å². The molecule has 0 bridgehead atoms. The van der Waals surface area contributed by atoms with Gasteiger partial charge in [-0.05, 0) is 37.8 Å². The molecule has 0 radical (unpaired) electrons. The molecule has 2 aliphatic heterocycles. The molecule has 1 N–H and O–H groups in total. The molecular weight excluding hydrogens is 422 g/mol. The predicted octanol–water partition coefficient (Wildman–Crippen LogP) is 4.02. The third-order valence-electron chi connectivity index (χ3n) is 6.49. The lowest BCUT2D eigenvalue weighted by molar-refractivity contribution is -0.120. The lowest BCUT2D eigenvalue weighted by Gasteiger charge is -2.32. The van der Waals surface area contributed by atoms with E-state index >= 15 is 0 Å². The molecule has 164 valence electrons.